The lowest BCUT2D eigenvalue weighted by atomic mass is 9.82. The minimum atomic E-state index is -0.468. The van der Waals surface area contributed by atoms with Gasteiger partial charge in [-0.3, -0.25) is 10.1 Å². The fourth-order valence-corrected chi connectivity index (χ4v) is 3.79. The highest BCUT2D eigenvalue weighted by atomic mass is 16.6. The number of nitrogens with one attached hydrogen (secondary N) is 2. The van der Waals surface area contributed by atoms with E-state index < -0.39 is 4.92 Å². The first-order chi connectivity index (χ1) is 15.0. The van der Waals surface area contributed by atoms with Crippen molar-refractivity contribution in [3.8, 4) is 11.5 Å². The maximum absolute atomic E-state index is 11.4. The van der Waals surface area contributed by atoms with Crippen LogP contribution in [0.4, 0.5) is 17.5 Å². The first-order valence-corrected chi connectivity index (χ1v) is 10.4. The number of ether oxygens (including phenoxy) is 2. The predicted octanol–water partition coefficient (Wildman–Crippen LogP) is 3.19. The molecule has 168 valence electrons. The van der Waals surface area contributed by atoms with Crippen LogP contribution in [-0.4, -0.2) is 42.2 Å². The van der Waals surface area contributed by atoms with Crippen molar-refractivity contribution in [1.29, 1.82) is 0 Å². The van der Waals surface area contributed by atoms with Gasteiger partial charge in [0, 0.05) is 19.2 Å². The van der Waals surface area contributed by atoms with Crippen LogP contribution in [0.15, 0.2) is 24.4 Å². The smallest absolute Gasteiger partial charge is 0.329 e. The van der Waals surface area contributed by atoms with Gasteiger partial charge in [0.15, 0.2) is 0 Å². The number of rotatable bonds is 10. The number of hydrogen-bond donors (Lipinski definition) is 3. The molecule has 2 aromatic rings. The van der Waals surface area contributed by atoms with Gasteiger partial charge in [-0.1, -0.05) is 0 Å². The summed E-state index contributed by atoms with van der Waals surface area (Å²) in [5.41, 5.74) is 6.53. The van der Waals surface area contributed by atoms with Crippen LogP contribution in [0.25, 0.3) is 0 Å². The normalized spacial score (nSPS) is 18.3. The van der Waals surface area contributed by atoms with Crippen LogP contribution in [0.5, 0.6) is 11.5 Å². The van der Waals surface area contributed by atoms with Crippen molar-refractivity contribution in [2.75, 3.05) is 37.9 Å². The molecule has 31 heavy (non-hydrogen) atoms. The van der Waals surface area contributed by atoms with E-state index in [1.807, 2.05) is 12.1 Å². The molecule has 0 bridgehead atoms. The van der Waals surface area contributed by atoms with Crippen LogP contribution in [0, 0.1) is 22.0 Å². The summed E-state index contributed by atoms with van der Waals surface area (Å²) in [4.78, 5) is 19.4. The molecule has 10 heteroatoms. The average molecular weight is 431 g/mol. The van der Waals surface area contributed by atoms with Gasteiger partial charge in [-0.05, 0) is 61.8 Å². The zero-order valence-electron chi connectivity index (χ0n) is 18.0. The molecule has 0 radical (unpaired) electrons. The second-order valence-corrected chi connectivity index (χ2v) is 7.76. The van der Waals surface area contributed by atoms with E-state index in [1.54, 1.807) is 20.3 Å². The van der Waals surface area contributed by atoms with Gasteiger partial charge in [0.05, 0.1) is 19.1 Å². The van der Waals surface area contributed by atoms with Crippen molar-refractivity contribution in [1.82, 2.24) is 9.97 Å². The van der Waals surface area contributed by atoms with Crippen LogP contribution >= 0.6 is 0 Å². The number of aromatic nitrogens is 2. The molecule has 0 amide bonds. The fourth-order valence-electron chi connectivity index (χ4n) is 3.79. The lowest BCUT2D eigenvalue weighted by molar-refractivity contribution is -0.384. The fraction of sp³-hybridized carbons (Fsp3) is 0.524. The van der Waals surface area contributed by atoms with E-state index in [1.165, 1.54) is 6.20 Å². The van der Waals surface area contributed by atoms with Crippen LogP contribution in [-0.2, 0) is 6.54 Å². The Balaban J connectivity index is 1.66. The van der Waals surface area contributed by atoms with E-state index in [-0.39, 0.29) is 11.5 Å². The quantitative estimate of drug-likeness (QED) is 0.383. The topological polar surface area (TPSA) is 137 Å². The Bertz CT molecular complexity index is 864. The molecular weight excluding hydrogens is 400 g/mol. The molecule has 1 saturated carbocycles. The van der Waals surface area contributed by atoms with E-state index >= 15 is 0 Å². The molecule has 1 aliphatic carbocycles. The van der Waals surface area contributed by atoms with Crippen molar-refractivity contribution in [2.24, 2.45) is 17.6 Å². The lowest BCUT2D eigenvalue weighted by Crippen LogP contribution is -2.25. The SMILES string of the molecule is COc1cc(CNc2ncc([N+](=O)[O-])c(NCC3CCC(CN)CC3)n2)cc(OC)c1. The van der Waals surface area contributed by atoms with Crippen molar-refractivity contribution in [2.45, 2.75) is 32.2 Å². The molecule has 1 aliphatic rings. The van der Waals surface area contributed by atoms with Crippen molar-refractivity contribution in [3.05, 3.63) is 40.1 Å². The van der Waals surface area contributed by atoms with E-state index in [4.69, 9.17) is 15.2 Å². The zero-order valence-corrected chi connectivity index (χ0v) is 18.0. The highest BCUT2D eigenvalue weighted by Gasteiger charge is 2.22. The molecule has 0 aliphatic heterocycles. The Hall–Kier alpha value is -3.14. The highest BCUT2D eigenvalue weighted by molar-refractivity contribution is 5.57. The summed E-state index contributed by atoms with van der Waals surface area (Å²) in [6, 6.07) is 5.53. The van der Waals surface area contributed by atoms with Gasteiger partial charge in [-0.25, -0.2) is 4.98 Å². The Morgan fingerprint density at radius 2 is 1.74 bits per heavy atom. The second-order valence-electron chi connectivity index (χ2n) is 7.76. The van der Waals surface area contributed by atoms with Crippen molar-refractivity contribution in [3.63, 3.8) is 0 Å². The molecule has 1 aromatic carbocycles. The molecular formula is C21H30N6O4. The minimum Gasteiger partial charge on any atom is -0.497 e. The van der Waals surface area contributed by atoms with Gasteiger partial charge in [0.2, 0.25) is 11.8 Å². The maximum atomic E-state index is 11.4. The third-order valence-corrected chi connectivity index (χ3v) is 5.69. The first-order valence-electron chi connectivity index (χ1n) is 10.4. The molecule has 1 aromatic heterocycles. The first kappa shape index (κ1) is 22.5. The van der Waals surface area contributed by atoms with Gasteiger partial charge in [-0.2, -0.15) is 4.98 Å². The Morgan fingerprint density at radius 3 is 2.32 bits per heavy atom. The number of methoxy groups -OCH3 is 2. The minimum absolute atomic E-state index is 0.135. The Labute approximate surface area is 181 Å². The number of nitrogens with two attached hydrogens (primary N) is 1. The molecule has 0 unspecified atom stereocenters. The zero-order chi connectivity index (χ0) is 22.2. The monoisotopic (exact) mass is 430 g/mol. The maximum Gasteiger partial charge on any atom is 0.329 e. The van der Waals surface area contributed by atoms with Gasteiger partial charge < -0.3 is 25.8 Å². The van der Waals surface area contributed by atoms with Gasteiger partial charge in [-0.15, -0.1) is 0 Å². The average Bonchev–Trinajstić information content (AvgIpc) is 2.81. The number of nitrogens with zero attached hydrogens (tertiary/aromatic N) is 3. The lowest BCUT2D eigenvalue weighted by Gasteiger charge is -2.27. The van der Waals surface area contributed by atoms with Gasteiger partial charge >= 0.3 is 5.69 Å². The van der Waals surface area contributed by atoms with Crippen molar-refractivity contribution >= 4 is 17.5 Å². The van der Waals surface area contributed by atoms with Crippen LogP contribution in [0.2, 0.25) is 0 Å². The molecule has 0 spiro atoms. The standard InChI is InChI=1S/C21H30N6O4/c1-30-17-7-16(8-18(9-17)31-2)12-24-21-25-13-19(27(28)29)20(26-21)23-11-15-5-3-14(10-22)4-6-15/h7-9,13-15H,3-6,10-12,22H2,1-2H3,(H2,23,24,25,26). The van der Waals surface area contributed by atoms with Crippen LogP contribution in [0.3, 0.4) is 0 Å². The summed E-state index contributed by atoms with van der Waals surface area (Å²) < 4.78 is 10.6. The predicted molar refractivity (Wildman–Crippen MR) is 119 cm³/mol. The number of anilines is 2. The molecule has 10 nitrogen and oxygen atoms in total. The van der Waals surface area contributed by atoms with Crippen molar-refractivity contribution < 1.29 is 14.4 Å². The van der Waals surface area contributed by atoms with Crippen LogP contribution < -0.4 is 25.8 Å². The molecule has 0 saturated heterocycles. The van der Waals surface area contributed by atoms with Gasteiger partial charge in [0.25, 0.3) is 0 Å². The molecule has 4 N–H and O–H groups in total. The second kappa shape index (κ2) is 10.8. The summed E-state index contributed by atoms with van der Waals surface area (Å²) >= 11 is 0. The molecule has 3 rings (SSSR count). The highest BCUT2D eigenvalue weighted by Crippen LogP contribution is 2.30. The third-order valence-electron chi connectivity index (χ3n) is 5.69. The summed E-state index contributed by atoms with van der Waals surface area (Å²) in [6.45, 7) is 1.78. The Kier molecular flexibility index (Phi) is 7.82. The summed E-state index contributed by atoms with van der Waals surface area (Å²) in [6.07, 6.45) is 5.57. The third kappa shape index (κ3) is 6.17. The Morgan fingerprint density at radius 1 is 1.10 bits per heavy atom. The largest absolute Gasteiger partial charge is 0.497 e. The van der Waals surface area contributed by atoms with Gasteiger partial charge in [0.1, 0.15) is 17.7 Å². The summed E-state index contributed by atoms with van der Waals surface area (Å²) in [5.74, 6) is 2.93. The molecule has 1 fully saturated rings. The number of benzene rings is 1. The number of hydrogen-bond acceptors (Lipinski definition) is 9. The number of nitro groups is 1. The van der Waals surface area contributed by atoms with Crippen LogP contribution in [0.1, 0.15) is 31.2 Å². The van der Waals surface area contributed by atoms with E-state index in [9.17, 15) is 10.1 Å². The summed E-state index contributed by atoms with van der Waals surface area (Å²) in [5, 5.41) is 17.7. The van der Waals surface area contributed by atoms with E-state index in [0.29, 0.717) is 42.4 Å². The molecule has 0 atom stereocenters. The molecule has 1 heterocycles. The van der Waals surface area contributed by atoms with E-state index in [2.05, 4.69) is 20.6 Å². The van der Waals surface area contributed by atoms with E-state index in [0.717, 1.165) is 37.8 Å². The summed E-state index contributed by atoms with van der Waals surface area (Å²) in [7, 11) is 3.18.